The van der Waals surface area contributed by atoms with Gasteiger partial charge in [-0.05, 0) is 68.7 Å². The zero-order valence-corrected chi connectivity index (χ0v) is 28.2. The van der Waals surface area contributed by atoms with Gasteiger partial charge in [-0.3, -0.25) is 14.5 Å². The van der Waals surface area contributed by atoms with Gasteiger partial charge in [0, 0.05) is 5.56 Å². The monoisotopic (exact) mass is 662 g/mol. The average Bonchev–Trinajstić information content (AvgIpc) is 3.58. The van der Waals surface area contributed by atoms with E-state index < -0.39 is 23.7 Å². The Bertz CT molecular complexity index is 1610. The van der Waals surface area contributed by atoms with E-state index in [4.69, 9.17) is 18.9 Å². The van der Waals surface area contributed by atoms with Gasteiger partial charge in [0.2, 0.25) is 0 Å². The van der Waals surface area contributed by atoms with Gasteiger partial charge in [-0.1, -0.05) is 63.2 Å². The number of aryl methyl sites for hydroxylation is 1. The maximum Gasteiger partial charge on any atom is 0.350 e. The summed E-state index contributed by atoms with van der Waals surface area (Å²) in [4.78, 5) is 46.2. The molecule has 3 aromatic rings. The second-order valence-electron chi connectivity index (χ2n) is 10.9. The van der Waals surface area contributed by atoms with Crippen LogP contribution in [0, 0.1) is 6.92 Å². The molecule has 0 aliphatic carbocycles. The first-order valence-corrected chi connectivity index (χ1v) is 16.8. The van der Waals surface area contributed by atoms with Crippen LogP contribution in [-0.2, 0) is 14.3 Å². The molecule has 0 radical (unpaired) electrons. The summed E-state index contributed by atoms with van der Waals surface area (Å²) in [5.74, 6) is -1.18. The summed E-state index contributed by atoms with van der Waals surface area (Å²) in [6.45, 7) is 12.6. The predicted molar refractivity (Wildman–Crippen MR) is 182 cm³/mol. The van der Waals surface area contributed by atoms with E-state index in [9.17, 15) is 19.5 Å². The van der Waals surface area contributed by atoms with E-state index in [1.165, 1.54) is 11.0 Å². The summed E-state index contributed by atoms with van der Waals surface area (Å²) < 4.78 is 22.9. The molecule has 2 heterocycles. The van der Waals surface area contributed by atoms with Gasteiger partial charge >= 0.3 is 11.9 Å². The fourth-order valence-corrected chi connectivity index (χ4v) is 6.02. The number of carbonyl (C=O) groups excluding carboxylic acids is 3. The number of rotatable bonds is 17. The summed E-state index contributed by atoms with van der Waals surface area (Å²) in [6, 6.07) is 10.8. The van der Waals surface area contributed by atoms with Gasteiger partial charge in [-0.15, -0.1) is 0 Å². The number of anilines is 1. The topological polar surface area (TPSA) is 124 Å². The van der Waals surface area contributed by atoms with Crippen molar-refractivity contribution in [1.29, 1.82) is 0 Å². The molecule has 10 nitrogen and oxygen atoms in total. The Labute approximate surface area is 279 Å². The SMILES string of the molecule is C=CCOC(=O)c1sc(N2C(=O)C(=O)/C(=C(/O)c3ccc(OCCCC)cc3)C2c2ccc(OCCCCC)c(OCC)c2)nc1C. The summed E-state index contributed by atoms with van der Waals surface area (Å²) in [7, 11) is 0. The molecule has 1 saturated heterocycles. The number of aliphatic hydroxyl groups is 1. The number of hydrogen-bond donors (Lipinski definition) is 1. The number of amides is 1. The lowest BCUT2D eigenvalue weighted by Crippen LogP contribution is -2.29. The number of benzene rings is 2. The zero-order chi connectivity index (χ0) is 33.9. The van der Waals surface area contributed by atoms with Crippen molar-refractivity contribution in [2.75, 3.05) is 31.3 Å². The maximum absolute atomic E-state index is 13.8. The van der Waals surface area contributed by atoms with E-state index in [0.717, 1.165) is 43.4 Å². The van der Waals surface area contributed by atoms with E-state index in [1.54, 1.807) is 49.4 Å². The van der Waals surface area contributed by atoms with Crippen LogP contribution in [0.1, 0.15) is 85.4 Å². The molecule has 2 aromatic carbocycles. The van der Waals surface area contributed by atoms with Crippen molar-refractivity contribution >= 4 is 39.9 Å². The summed E-state index contributed by atoms with van der Waals surface area (Å²) in [5.41, 5.74) is 1.03. The highest BCUT2D eigenvalue weighted by molar-refractivity contribution is 7.17. The molecule has 11 heteroatoms. The molecule has 1 aliphatic rings. The zero-order valence-electron chi connectivity index (χ0n) is 27.4. The Morgan fingerprint density at radius 3 is 2.38 bits per heavy atom. The molecule has 1 unspecified atom stereocenters. The Morgan fingerprint density at radius 2 is 1.70 bits per heavy atom. The second kappa shape index (κ2) is 16.8. The molecule has 1 N–H and O–H groups in total. The fraction of sp³-hybridized carbons (Fsp3) is 0.389. The number of thiazole rings is 1. The van der Waals surface area contributed by atoms with Crippen LogP contribution < -0.4 is 19.1 Å². The molecule has 4 rings (SSSR count). The largest absolute Gasteiger partial charge is 0.507 e. The molecule has 1 aromatic heterocycles. The number of carbonyl (C=O) groups is 3. The van der Waals surface area contributed by atoms with Crippen LogP contribution in [0.25, 0.3) is 5.76 Å². The fourth-order valence-electron chi connectivity index (χ4n) is 5.04. The number of esters is 1. The lowest BCUT2D eigenvalue weighted by atomic mass is 9.95. The standard InChI is InChI=1S/C36H42N2O8S/c1-6-10-12-21-45-27-18-15-25(22-28(27)43-9-4)30-29(31(39)24-13-16-26(17-14-24)44-20-11-7-2)32(40)34(41)38(30)36-37-23(5)33(47-36)35(42)46-19-8-3/h8,13-18,22,30,39H,3,6-7,9-12,19-21H2,1-2,4-5H3/b31-29+. The highest BCUT2D eigenvalue weighted by atomic mass is 32.1. The molecular weight excluding hydrogens is 620 g/mol. The minimum absolute atomic E-state index is 0.00548. The lowest BCUT2D eigenvalue weighted by molar-refractivity contribution is -0.132. The molecule has 0 spiro atoms. The van der Waals surface area contributed by atoms with E-state index in [1.807, 2.05) is 6.92 Å². The van der Waals surface area contributed by atoms with Crippen LogP contribution in [-0.4, -0.2) is 54.2 Å². The Kier molecular flexibility index (Phi) is 12.6. The van der Waals surface area contributed by atoms with Crippen molar-refractivity contribution in [1.82, 2.24) is 4.98 Å². The summed E-state index contributed by atoms with van der Waals surface area (Å²) in [6.07, 6.45) is 6.31. The smallest absolute Gasteiger partial charge is 0.350 e. The molecular formula is C36H42N2O8S. The molecule has 250 valence electrons. The first kappa shape index (κ1) is 35.2. The number of unbranched alkanes of at least 4 members (excludes halogenated alkanes) is 3. The van der Waals surface area contributed by atoms with E-state index >= 15 is 0 Å². The van der Waals surface area contributed by atoms with Crippen LogP contribution in [0.3, 0.4) is 0 Å². The first-order chi connectivity index (χ1) is 22.7. The molecule has 1 fully saturated rings. The van der Waals surface area contributed by atoms with E-state index in [-0.39, 0.29) is 27.9 Å². The highest BCUT2D eigenvalue weighted by Crippen LogP contribution is 2.45. The van der Waals surface area contributed by atoms with Crippen LogP contribution in [0.4, 0.5) is 5.13 Å². The summed E-state index contributed by atoms with van der Waals surface area (Å²) >= 11 is 0.930. The van der Waals surface area contributed by atoms with Crippen molar-refractivity contribution in [3.63, 3.8) is 0 Å². The number of ether oxygens (including phenoxy) is 4. The highest BCUT2D eigenvalue weighted by Gasteiger charge is 2.48. The number of Topliss-reactive ketones (excluding diaryl/α,β-unsaturated/α-hetero) is 1. The molecule has 0 bridgehead atoms. The molecule has 1 aliphatic heterocycles. The number of aliphatic hydroxyl groups excluding tert-OH is 1. The average molecular weight is 663 g/mol. The maximum atomic E-state index is 13.8. The number of ketones is 1. The quantitative estimate of drug-likeness (QED) is 0.0389. The van der Waals surface area contributed by atoms with Crippen LogP contribution in [0.15, 0.2) is 60.7 Å². The number of aromatic nitrogens is 1. The molecule has 1 atom stereocenters. The predicted octanol–water partition coefficient (Wildman–Crippen LogP) is 7.57. The molecule has 0 saturated carbocycles. The number of nitrogens with zero attached hydrogens (tertiary/aromatic N) is 2. The van der Waals surface area contributed by atoms with Crippen molar-refractivity contribution in [3.05, 3.63) is 82.4 Å². The molecule has 47 heavy (non-hydrogen) atoms. The van der Waals surface area contributed by atoms with Crippen LogP contribution in [0.2, 0.25) is 0 Å². The van der Waals surface area contributed by atoms with Crippen molar-refractivity contribution < 1.29 is 38.4 Å². The third-order valence-corrected chi connectivity index (χ3v) is 8.57. The van der Waals surface area contributed by atoms with Gasteiger partial charge in [0.15, 0.2) is 16.6 Å². The Balaban J connectivity index is 1.83. The minimum Gasteiger partial charge on any atom is -0.507 e. The van der Waals surface area contributed by atoms with Gasteiger partial charge in [-0.25, -0.2) is 9.78 Å². The van der Waals surface area contributed by atoms with Crippen LogP contribution >= 0.6 is 11.3 Å². The normalized spacial score (nSPS) is 15.5. The second-order valence-corrected chi connectivity index (χ2v) is 11.9. The first-order valence-electron chi connectivity index (χ1n) is 15.9. The van der Waals surface area contributed by atoms with Crippen molar-refractivity contribution in [3.8, 4) is 17.2 Å². The van der Waals surface area contributed by atoms with E-state index in [0.29, 0.717) is 53.9 Å². The van der Waals surface area contributed by atoms with Gasteiger partial charge in [0.25, 0.3) is 5.78 Å². The third-order valence-electron chi connectivity index (χ3n) is 7.44. The van der Waals surface area contributed by atoms with Crippen LogP contribution in [0.5, 0.6) is 17.2 Å². The Hall–Kier alpha value is -4.64. The van der Waals surface area contributed by atoms with Gasteiger partial charge in [0.1, 0.15) is 23.0 Å². The minimum atomic E-state index is -1.09. The van der Waals surface area contributed by atoms with Gasteiger partial charge in [0.05, 0.1) is 37.1 Å². The van der Waals surface area contributed by atoms with Gasteiger partial charge in [-0.2, -0.15) is 0 Å². The Morgan fingerprint density at radius 1 is 0.979 bits per heavy atom. The third kappa shape index (κ3) is 8.21. The summed E-state index contributed by atoms with van der Waals surface area (Å²) in [5, 5.41) is 11.7. The molecule has 1 amide bonds. The van der Waals surface area contributed by atoms with Gasteiger partial charge < -0.3 is 24.1 Å². The van der Waals surface area contributed by atoms with Crippen molar-refractivity contribution in [2.24, 2.45) is 0 Å². The van der Waals surface area contributed by atoms with Crippen molar-refractivity contribution in [2.45, 2.75) is 65.8 Å². The van der Waals surface area contributed by atoms with E-state index in [2.05, 4.69) is 25.4 Å². The lowest BCUT2D eigenvalue weighted by Gasteiger charge is -2.24. The number of hydrogen-bond acceptors (Lipinski definition) is 10.